The topological polar surface area (TPSA) is 62.7 Å². The van der Waals surface area contributed by atoms with Crippen molar-refractivity contribution in [3.8, 4) is 11.5 Å². The Balaban J connectivity index is 1.44. The fraction of sp³-hybridized carbons (Fsp3) is 0.273. The van der Waals surface area contributed by atoms with Crippen LogP contribution in [0.3, 0.4) is 0 Å². The summed E-state index contributed by atoms with van der Waals surface area (Å²) in [4.78, 5) is 8.18. The van der Waals surface area contributed by atoms with Crippen LogP contribution in [0, 0.1) is 5.41 Å². The molecule has 0 aliphatic carbocycles. The lowest BCUT2D eigenvalue weighted by molar-refractivity contribution is -0.245. The van der Waals surface area contributed by atoms with Crippen molar-refractivity contribution in [3.05, 3.63) is 84.9 Å². The first kappa shape index (κ1) is 18.4. The van der Waals surface area contributed by atoms with Crippen LogP contribution in [-0.2, 0) is 9.47 Å². The van der Waals surface area contributed by atoms with E-state index in [-0.39, 0.29) is 6.29 Å². The molecule has 1 saturated heterocycles. The zero-order valence-corrected chi connectivity index (χ0v) is 15.4. The third-order valence-electron chi connectivity index (χ3n) is 4.51. The van der Waals surface area contributed by atoms with Gasteiger partial charge in [0.2, 0.25) is 0 Å². The predicted octanol–water partition coefficient (Wildman–Crippen LogP) is 3.67. The molecule has 0 amide bonds. The first-order chi connectivity index (χ1) is 13.8. The van der Waals surface area contributed by atoms with Gasteiger partial charge < -0.3 is 18.9 Å². The third-order valence-corrected chi connectivity index (χ3v) is 4.51. The molecule has 0 radical (unpaired) electrons. The fourth-order valence-electron chi connectivity index (χ4n) is 2.94. The van der Waals surface area contributed by atoms with Crippen molar-refractivity contribution < 1.29 is 18.9 Å². The molecule has 6 heteroatoms. The molecule has 0 spiro atoms. The van der Waals surface area contributed by atoms with Gasteiger partial charge in [-0.05, 0) is 24.3 Å². The lowest BCUT2D eigenvalue weighted by Crippen LogP contribution is -2.47. The Kier molecular flexibility index (Phi) is 5.80. The van der Waals surface area contributed by atoms with Crippen molar-refractivity contribution in [2.24, 2.45) is 5.41 Å². The minimum absolute atomic E-state index is 0.383. The summed E-state index contributed by atoms with van der Waals surface area (Å²) in [5.74, 6) is 1.40. The van der Waals surface area contributed by atoms with Gasteiger partial charge in [0.15, 0.2) is 6.29 Å². The second-order valence-corrected chi connectivity index (χ2v) is 6.82. The monoisotopic (exact) mass is 378 g/mol. The Hall–Kier alpha value is -2.96. The van der Waals surface area contributed by atoms with Crippen LogP contribution in [0.4, 0.5) is 0 Å². The zero-order valence-electron chi connectivity index (χ0n) is 15.4. The van der Waals surface area contributed by atoms with Crippen LogP contribution in [0.2, 0.25) is 0 Å². The minimum atomic E-state index is -0.447. The average Bonchev–Trinajstić information content (AvgIpc) is 2.79. The molecule has 0 saturated carbocycles. The molecule has 0 unspecified atom stereocenters. The summed E-state index contributed by atoms with van der Waals surface area (Å²) in [5.41, 5.74) is 0.550. The van der Waals surface area contributed by atoms with Gasteiger partial charge in [-0.15, -0.1) is 0 Å². The molecule has 28 heavy (non-hydrogen) atoms. The maximum absolute atomic E-state index is 6.04. The molecule has 0 bridgehead atoms. The zero-order chi connectivity index (χ0) is 19.1. The highest BCUT2D eigenvalue weighted by Gasteiger charge is 2.39. The molecular formula is C22H22N2O4. The molecule has 144 valence electrons. The van der Waals surface area contributed by atoms with E-state index in [2.05, 4.69) is 9.97 Å². The van der Waals surface area contributed by atoms with Crippen LogP contribution in [-0.4, -0.2) is 36.4 Å². The average molecular weight is 378 g/mol. The molecule has 1 fully saturated rings. The van der Waals surface area contributed by atoms with E-state index < -0.39 is 5.41 Å². The number of nitrogens with zero attached hydrogens (tertiary/aromatic N) is 2. The van der Waals surface area contributed by atoms with Crippen LogP contribution < -0.4 is 9.47 Å². The Labute approximate surface area is 164 Å². The highest BCUT2D eigenvalue weighted by molar-refractivity contribution is 5.18. The van der Waals surface area contributed by atoms with E-state index in [0.29, 0.717) is 37.9 Å². The van der Waals surface area contributed by atoms with Gasteiger partial charge in [-0.3, -0.25) is 9.97 Å². The molecule has 3 aromatic rings. The van der Waals surface area contributed by atoms with Gasteiger partial charge in [0.05, 0.1) is 31.0 Å². The van der Waals surface area contributed by atoms with Gasteiger partial charge in [0, 0.05) is 18.0 Å². The molecular weight excluding hydrogens is 356 g/mol. The molecule has 4 rings (SSSR count). The molecule has 0 N–H and O–H groups in total. The van der Waals surface area contributed by atoms with E-state index in [0.717, 1.165) is 5.56 Å². The van der Waals surface area contributed by atoms with E-state index in [1.54, 1.807) is 24.8 Å². The predicted molar refractivity (Wildman–Crippen MR) is 103 cm³/mol. The summed E-state index contributed by atoms with van der Waals surface area (Å²) in [6.45, 7) is 1.68. The van der Waals surface area contributed by atoms with E-state index >= 15 is 0 Å². The first-order valence-electron chi connectivity index (χ1n) is 9.17. The number of hydrogen-bond acceptors (Lipinski definition) is 6. The second-order valence-electron chi connectivity index (χ2n) is 6.82. The van der Waals surface area contributed by atoms with Crippen molar-refractivity contribution in [1.29, 1.82) is 0 Å². The van der Waals surface area contributed by atoms with Crippen LogP contribution >= 0.6 is 0 Å². The van der Waals surface area contributed by atoms with Gasteiger partial charge >= 0.3 is 0 Å². The Morgan fingerprint density at radius 3 is 1.86 bits per heavy atom. The summed E-state index contributed by atoms with van der Waals surface area (Å²) in [5, 5.41) is 0. The van der Waals surface area contributed by atoms with Crippen molar-refractivity contribution >= 4 is 0 Å². The summed E-state index contributed by atoms with van der Waals surface area (Å²) < 4.78 is 24.0. The molecule has 1 aliphatic heterocycles. The maximum Gasteiger partial charge on any atom is 0.183 e. The molecule has 2 aromatic heterocycles. The summed E-state index contributed by atoms with van der Waals surface area (Å²) in [7, 11) is 0. The van der Waals surface area contributed by atoms with Crippen LogP contribution in [0.1, 0.15) is 11.9 Å². The standard InChI is InChI=1S/C22H22N2O4/c1-2-6-18(7-3-1)21-27-16-22(17-28-21,14-25-19-8-4-10-23-12-19)15-26-20-9-5-11-24-13-20/h1-13,21H,14-17H2. The van der Waals surface area contributed by atoms with E-state index in [4.69, 9.17) is 18.9 Å². The normalized spacial score (nSPS) is 16.4. The molecule has 3 heterocycles. The van der Waals surface area contributed by atoms with E-state index in [1.807, 2.05) is 54.6 Å². The Bertz CT molecular complexity index is 793. The lowest BCUT2D eigenvalue weighted by atomic mass is 9.91. The smallest absolute Gasteiger partial charge is 0.183 e. The van der Waals surface area contributed by atoms with E-state index in [1.165, 1.54) is 0 Å². The third kappa shape index (κ3) is 4.65. The number of aromatic nitrogens is 2. The maximum atomic E-state index is 6.04. The minimum Gasteiger partial charge on any atom is -0.491 e. The number of benzene rings is 1. The summed E-state index contributed by atoms with van der Waals surface area (Å²) in [6.07, 6.45) is 6.42. The van der Waals surface area contributed by atoms with Gasteiger partial charge in [-0.2, -0.15) is 0 Å². The number of ether oxygens (including phenoxy) is 4. The number of pyridine rings is 2. The molecule has 1 aliphatic rings. The first-order valence-corrected chi connectivity index (χ1v) is 9.17. The summed E-state index contributed by atoms with van der Waals surface area (Å²) >= 11 is 0. The molecule has 6 nitrogen and oxygen atoms in total. The van der Waals surface area contributed by atoms with Crippen molar-refractivity contribution in [2.75, 3.05) is 26.4 Å². The van der Waals surface area contributed by atoms with Crippen molar-refractivity contribution in [1.82, 2.24) is 9.97 Å². The van der Waals surface area contributed by atoms with Crippen molar-refractivity contribution in [3.63, 3.8) is 0 Å². The van der Waals surface area contributed by atoms with Crippen LogP contribution in [0.15, 0.2) is 79.4 Å². The molecule has 0 atom stereocenters. The van der Waals surface area contributed by atoms with Crippen LogP contribution in [0.25, 0.3) is 0 Å². The fourth-order valence-corrected chi connectivity index (χ4v) is 2.94. The van der Waals surface area contributed by atoms with E-state index in [9.17, 15) is 0 Å². The lowest BCUT2D eigenvalue weighted by Gasteiger charge is -2.39. The quantitative estimate of drug-likeness (QED) is 0.625. The van der Waals surface area contributed by atoms with Crippen molar-refractivity contribution in [2.45, 2.75) is 6.29 Å². The van der Waals surface area contributed by atoms with Crippen LogP contribution in [0.5, 0.6) is 11.5 Å². The van der Waals surface area contributed by atoms with Gasteiger partial charge in [0.1, 0.15) is 24.7 Å². The highest BCUT2D eigenvalue weighted by atomic mass is 16.7. The number of hydrogen-bond donors (Lipinski definition) is 0. The second kappa shape index (κ2) is 8.82. The molecule has 1 aromatic carbocycles. The summed E-state index contributed by atoms with van der Waals surface area (Å²) in [6, 6.07) is 17.3. The van der Waals surface area contributed by atoms with Gasteiger partial charge in [-0.1, -0.05) is 30.3 Å². The largest absolute Gasteiger partial charge is 0.491 e. The highest BCUT2D eigenvalue weighted by Crippen LogP contribution is 2.33. The van der Waals surface area contributed by atoms with Gasteiger partial charge in [0.25, 0.3) is 0 Å². The Morgan fingerprint density at radius 2 is 1.36 bits per heavy atom. The Morgan fingerprint density at radius 1 is 0.786 bits per heavy atom. The number of rotatable bonds is 7. The SMILES string of the molecule is c1ccc(C2OCC(COc3cccnc3)(COc3cccnc3)CO2)cc1. The van der Waals surface area contributed by atoms with Gasteiger partial charge in [-0.25, -0.2) is 0 Å².